The molecule has 0 bridgehead atoms. The van der Waals surface area contributed by atoms with Gasteiger partial charge in [-0.05, 0) is 43.6 Å². The molecule has 0 heterocycles. The number of hydrogen-bond acceptors (Lipinski definition) is 3. The molecule has 1 aromatic rings. The van der Waals surface area contributed by atoms with Gasteiger partial charge in [-0.25, -0.2) is 8.78 Å². The molecule has 6 heteroatoms. The number of carbonyl (C=O) groups is 1. The summed E-state index contributed by atoms with van der Waals surface area (Å²) in [5, 5.41) is 0. The number of halogens is 2. The number of nitrogens with zero attached hydrogens (tertiary/aromatic N) is 1. The number of rotatable bonds is 6. The van der Waals surface area contributed by atoms with Crippen molar-refractivity contribution in [2.75, 3.05) is 19.1 Å². The number of likely N-dealkylation sites (N-methyl/N-ethyl adjacent to an activating group) is 1. The first kappa shape index (κ1) is 16.9. The molecule has 0 spiro atoms. The number of carbonyl (C=O) groups excluding carboxylic acids is 1. The lowest BCUT2D eigenvalue weighted by Crippen LogP contribution is -2.43. The SMILES string of the molecule is CSCC[C@@H](N)C(=O)N(C)C(C)c1cc(F)ccc1F. The molecular weight excluding hydrogens is 282 g/mol. The fourth-order valence-corrected chi connectivity index (χ4v) is 2.35. The van der Waals surface area contributed by atoms with Crippen LogP contribution in [0.5, 0.6) is 0 Å². The summed E-state index contributed by atoms with van der Waals surface area (Å²) < 4.78 is 26.9. The maximum Gasteiger partial charge on any atom is 0.239 e. The van der Waals surface area contributed by atoms with Crippen molar-refractivity contribution in [3.8, 4) is 0 Å². The van der Waals surface area contributed by atoms with Crippen molar-refractivity contribution in [1.29, 1.82) is 0 Å². The third-order valence-corrected chi connectivity index (χ3v) is 3.93. The fraction of sp³-hybridized carbons (Fsp3) is 0.500. The normalized spacial score (nSPS) is 13.9. The summed E-state index contributed by atoms with van der Waals surface area (Å²) in [6, 6.07) is 2.03. The molecule has 1 aromatic carbocycles. The largest absolute Gasteiger partial charge is 0.338 e. The summed E-state index contributed by atoms with van der Waals surface area (Å²) in [4.78, 5) is 13.5. The van der Waals surface area contributed by atoms with E-state index >= 15 is 0 Å². The van der Waals surface area contributed by atoms with Crippen LogP contribution in [0.3, 0.4) is 0 Å². The van der Waals surface area contributed by atoms with E-state index in [1.54, 1.807) is 25.7 Å². The topological polar surface area (TPSA) is 46.3 Å². The van der Waals surface area contributed by atoms with Crippen LogP contribution in [0.4, 0.5) is 8.78 Å². The molecule has 2 N–H and O–H groups in total. The predicted molar refractivity (Wildman–Crippen MR) is 78.5 cm³/mol. The number of nitrogens with two attached hydrogens (primary N) is 1. The van der Waals surface area contributed by atoms with Gasteiger partial charge in [0.25, 0.3) is 0 Å². The van der Waals surface area contributed by atoms with Gasteiger partial charge in [0.15, 0.2) is 0 Å². The van der Waals surface area contributed by atoms with Gasteiger partial charge in [0.2, 0.25) is 5.91 Å². The minimum absolute atomic E-state index is 0.151. The molecule has 0 aromatic heterocycles. The molecule has 112 valence electrons. The summed E-state index contributed by atoms with van der Waals surface area (Å²) in [6.07, 6.45) is 2.49. The Labute approximate surface area is 122 Å². The van der Waals surface area contributed by atoms with Crippen LogP contribution in [0, 0.1) is 11.6 Å². The first-order valence-corrected chi connectivity index (χ1v) is 7.74. The van der Waals surface area contributed by atoms with E-state index in [4.69, 9.17) is 5.73 Å². The lowest BCUT2D eigenvalue weighted by atomic mass is 10.1. The standard InChI is InChI=1S/C14H20F2N2OS/c1-9(11-8-10(15)4-5-12(11)16)18(2)14(19)13(17)6-7-20-3/h4-5,8-9,13H,6-7,17H2,1-3H3/t9?,13-/m1/s1. The molecule has 0 saturated carbocycles. The Morgan fingerprint density at radius 2 is 2.10 bits per heavy atom. The lowest BCUT2D eigenvalue weighted by molar-refractivity contribution is -0.133. The van der Waals surface area contributed by atoms with Crippen LogP contribution in [-0.4, -0.2) is 35.9 Å². The van der Waals surface area contributed by atoms with E-state index in [2.05, 4.69) is 0 Å². The Bertz CT molecular complexity index is 470. The van der Waals surface area contributed by atoms with E-state index < -0.39 is 23.7 Å². The summed E-state index contributed by atoms with van der Waals surface area (Å²) in [6.45, 7) is 1.65. The van der Waals surface area contributed by atoms with E-state index in [0.717, 1.165) is 24.0 Å². The molecule has 0 radical (unpaired) electrons. The minimum Gasteiger partial charge on any atom is -0.338 e. The van der Waals surface area contributed by atoms with Gasteiger partial charge in [-0.15, -0.1) is 0 Å². The fourth-order valence-electron chi connectivity index (χ4n) is 1.86. The first-order chi connectivity index (χ1) is 9.38. The van der Waals surface area contributed by atoms with Gasteiger partial charge in [0.05, 0.1) is 12.1 Å². The number of amides is 1. The van der Waals surface area contributed by atoms with Gasteiger partial charge in [0.1, 0.15) is 11.6 Å². The lowest BCUT2D eigenvalue weighted by Gasteiger charge is -2.28. The van der Waals surface area contributed by atoms with Crippen LogP contribution in [0.1, 0.15) is 24.9 Å². The van der Waals surface area contributed by atoms with Crippen LogP contribution in [0.15, 0.2) is 18.2 Å². The highest BCUT2D eigenvalue weighted by molar-refractivity contribution is 7.98. The number of hydrogen-bond donors (Lipinski definition) is 1. The van der Waals surface area contributed by atoms with E-state index in [0.29, 0.717) is 6.42 Å². The summed E-state index contributed by atoms with van der Waals surface area (Å²) in [5.74, 6) is -0.545. The van der Waals surface area contributed by atoms with Gasteiger partial charge in [-0.1, -0.05) is 0 Å². The Hall–Kier alpha value is -1.14. The van der Waals surface area contributed by atoms with Gasteiger partial charge in [-0.3, -0.25) is 4.79 Å². The van der Waals surface area contributed by atoms with Crippen molar-refractivity contribution in [3.05, 3.63) is 35.4 Å². The average Bonchev–Trinajstić information content (AvgIpc) is 2.44. The number of thioether (sulfide) groups is 1. The van der Waals surface area contributed by atoms with Crippen LogP contribution in [0.2, 0.25) is 0 Å². The van der Waals surface area contributed by atoms with Crippen molar-refractivity contribution in [3.63, 3.8) is 0 Å². The van der Waals surface area contributed by atoms with Gasteiger partial charge < -0.3 is 10.6 Å². The molecule has 20 heavy (non-hydrogen) atoms. The third kappa shape index (κ3) is 4.18. The minimum atomic E-state index is -0.619. The Morgan fingerprint density at radius 3 is 2.70 bits per heavy atom. The van der Waals surface area contributed by atoms with E-state index in [-0.39, 0.29) is 11.5 Å². The van der Waals surface area contributed by atoms with Gasteiger partial charge >= 0.3 is 0 Å². The molecular formula is C14H20F2N2OS. The molecule has 0 fully saturated rings. The second-order valence-corrected chi connectivity index (χ2v) is 5.66. The molecule has 1 amide bonds. The molecule has 1 rings (SSSR count). The number of benzene rings is 1. The van der Waals surface area contributed by atoms with Crippen molar-refractivity contribution in [1.82, 2.24) is 4.90 Å². The van der Waals surface area contributed by atoms with E-state index in [1.807, 2.05) is 6.26 Å². The Morgan fingerprint density at radius 1 is 1.45 bits per heavy atom. The second kappa shape index (κ2) is 7.59. The zero-order chi connectivity index (χ0) is 15.3. The molecule has 3 nitrogen and oxygen atoms in total. The van der Waals surface area contributed by atoms with E-state index in [1.165, 1.54) is 4.90 Å². The Balaban J connectivity index is 2.82. The van der Waals surface area contributed by atoms with Crippen LogP contribution < -0.4 is 5.73 Å². The highest BCUT2D eigenvalue weighted by atomic mass is 32.2. The zero-order valence-corrected chi connectivity index (χ0v) is 12.7. The van der Waals surface area contributed by atoms with Crippen molar-refractivity contribution < 1.29 is 13.6 Å². The first-order valence-electron chi connectivity index (χ1n) is 6.34. The predicted octanol–water partition coefficient (Wildman–Crippen LogP) is 2.56. The smallest absolute Gasteiger partial charge is 0.239 e. The summed E-state index contributed by atoms with van der Waals surface area (Å²) in [7, 11) is 1.55. The summed E-state index contributed by atoms with van der Waals surface area (Å²) >= 11 is 1.61. The Kier molecular flexibility index (Phi) is 6.42. The van der Waals surface area contributed by atoms with Gasteiger partial charge in [0, 0.05) is 12.6 Å². The molecule has 2 atom stereocenters. The zero-order valence-electron chi connectivity index (χ0n) is 11.9. The molecule has 0 saturated heterocycles. The van der Waals surface area contributed by atoms with E-state index in [9.17, 15) is 13.6 Å². The van der Waals surface area contributed by atoms with Crippen molar-refractivity contribution in [2.45, 2.75) is 25.4 Å². The van der Waals surface area contributed by atoms with Crippen LogP contribution in [0.25, 0.3) is 0 Å². The van der Waals surface area contributed by atoms with Crippen molar-refractivity contribution in [2.24, 2.45) is 5.73 Å². The molecule has 0 aliphatic rings. The highest BCUT2D eigenvalue weighted by Crippen LogP contribution is 2.23. The molecule has 1 unspecified atom stereocenters. The monoisotopic (exact) mass is 302 g/mol. The van der Waals surface area contributed by atoms with Crippen molar-refractivity contribution >= 4 is 17.7 Å². The van der Waals surface area contributed by atoms with Gasteiger partial charge in [-0.2, -0.15) is 11.8 Å². The quantitative estimate of drug-likeness (QED) is 0.878. The highest BCUT2D eigenvalue weighted by Gasteiger charge is 2.24. The summed E-state index contributed by atoms with van der Waals surface area (Å²) in [5.41, 5.74) is 5.97. The maximum absolute atomic E-state index is 13.7. The molecule has 0 aliphatic carbocycles. The average molecular weight is 302 g/mol. The third-order valence-electron chi connectivity index (χ3n) is 3.29. The second-order valence-electron chi connectivity index (χ2n) is 4.68. The van der Waals surface area contributed by atoms with Crippen LogP contribution >= 0.6 is 11.8 Å². The maximum atomic E-state index is 13.7. The molecule has 0 aliphatic heterocycles. The van der Waals surface area contributed by atoms with Crippen LogP contribution in [-0.2, 0) is 4.79 Å².